The van der Waals surface area contributed by atoms with Gasteiger partial charge >= 0.3 is 0 Å². The molecule has 0 saturated carbocycles. The van der Waals surface area contributed by atoms with Crippen molar-refractivity contribution in [3.05, 3.63) is 29.3 Å². The standard InChI is InChI=1S/C20H34N4O2.HI/c1-8-21-19(23-13-18(25)24-20(5,6)7)22-12-16-10-9-15(4)11-17(16)26-14(2)3;/h9-11,14H,8,12-13H2,1-7H3,(H,24,25)(H2,21,22,23);1H. The Morgan fingerprint density at radius 3 is 2.44 bits per heavy atom. The topological polar surface area (TPSA) is 74.8 Å². The van der Waals surface area contributed by atoms with E-state index in [1.54, 1.807) is 0 Å². The highest BCUT2D eigenvalue weighted by Gasteiger charge is 2.14. The molecule has 1 aromatic carbocycles. The molecule has 0 bridgehead atoms. The number of hydrogen-bond donors (Lipinski definition) is 3. The van der Waals surface area contributed by atoms with E-state index in [-0.39, 0.29) is 48.1 Å². The minimum absolute atomic E-state index is 0. The van der Waals surface area contributed by atoms with E-state index >= 15 is 0 Å². The largest absolute Gasteiger partial charge is 0.491 e. The predicted molar refractivity (Wildman–Crippen MR) is 123 cm³/mol. The molecule has 0 aliphatic carbocycles. The molecule has 154 valence electrons. The number of aryl methyl sites for hydroxylation is 1. The van der Waals surface area contributed by atoms with Crippen LogP contribution in [0.5, 0.6) is 5.75 Å². The number of carbonyl (C=O) groups is 1. The molecular formula is C20H35IN4O2. The van der Waals surface area contributed by atoms with Crippen LogP contribution in [0.15, 0.2) is 23.2 Å². The lowest BCUT2D eigenvalue weighted by Gasteiger charge is -2.21. The first-order chi connectivity index (χ1) is 12.1. The van der Waals surface area contributed by atoms with E-state index in [4.69, 9.17) is 4.74 Å². The van der Waals surface area contributed by atoms with Gasteiger partial charge in [-0.15, -0.1) is 24.0 Å². The summed E-state index contributed by atoms with van der Waals surface area (Å²) < 4.78 is 5.90. The summed E-state index contributed by atoms with van der Waals surface area (Å²) in [6.45, 7) is 15.3. The zero-order valence-electron chi connectivity index (χ0n) is 17.6. The van der Waals surface area contributed by atoms with Crippen LogP contribution in [0, 0.1) is 6.92 Å². The molecule has 0 atom stereocenters. The minimum Gasteiger partial charge on any atom is -0.491 e. The first-order valence-electron chi connectivity index (χ1n) is 9.20. The van der Waals surface area contributed by atoms with Crippen molar-refractivity contribution in [3.63, 3.8) is 0 Å². The van der Waals surface area contributed by atoms with Gasteiger partial charge in [-0.2, -0.15) is 0 Å². The predicted octanol–water partition coefficient (Wildman–Crippen LogP) is 3.37. The number of hydrogen-bond acceptors (Lipinski definition) is 3. The number of halogens is 1. The molecule has 3 N–H and O–H groups in total. The van der Waals surface area contributed by atoms with Crippen LogP contribution in [0.4, 0.5) is 0 Å². The van der Waals surface area contributed by atoms with Gasteiger partial charge in [-0.1, -0.05) is 12.1 Å². The molecule has 27 heavy (non-hydrogen) atoms. The smallest absolute Gasteiger partial charge is 0.239 e. The number of amides is 1. The van der Waals surface area contributed by atoms with Crippen LogP contribution in [0.3, 0.4) is 0 Å². The number of ether oxygens (including phenoxy) is 1. The summed E-state index contributed by atoms with van der Waals surface area (Å²) in [5.41, 5.74) is 1.91. The van der Waals surface area contributed by atoms with Gasteiger partial charge in [0.25, 0.3) is 0 Å². The van der Waals surface area contributed by atoms with Crippen molar-refractivity contribution in [1.29, 1.82) is 0 Å². The SMILES string of the molecule is CCNC(=NCc1ccc(C)cc1OC(C)C)NCC(=O)NC(C)(C)C.I. The average molecular weight is 490 g/mol. The quantitative estimate of drug-likeness (QED) is 0.311. The van der Waals surface area contributed by atoms with E-state index < -0.39 is 0 Å². The molecule has 0 aliphatic heterocycles. The zero-order valence-corrected chi connectivity index (χ0v) is 19.9. The van der Waals surface area contributed by atoms with Crippen molar-refractivity contribution in [1.82, 2.24) is 16.0 Å². The summed E-state index contributed by atoms with van der Waals surface area (Å²) in [6, 6.07) is 6.11. The van der Waals surface area contributed by atoms with Gasteiger partial charge in [0.1, 0.15) is 5.75 Å². The number of benzene rings is 1. The van der Waals surface area contributed by atoms with Crippen molar-refractivity contribution in [3.8, 4) is 5.75 Å². The third-order valence-corrected chi connectivity index (χ3v) is 3.27. The second-order valence-electron chi connectivity index (χ2n) is 7.62. The molecule has 7 heteroatoms. The molecule has 0 radical (unpaired) electrons. The van der Waals surface area contributed by atoms with Gasteiger partial charge in [-0.25, -0.2) is 4.99 Å². The highest BCUT2D eigenvalue weighted by molar-refractivity contribution is 14.0. The molecule has 0 fully saturated rings. The normalized spacial score (nSPS) is 11.6. The molecule has 1 rings (SSSR count). The maximum absolute atomic E-state index is 12.0. The van der Waals surface area contributed by atoms with Crippen molar-refractivity contribution in [2.75, 3.05) is 13.1 Å². The van der Waals surface area contributed by atoms with Crippen LogP contribution in [0.25, 0.3) is 0 Å². The highest BCUT2D eigenvalue weighted by Crippen LogP contribution is 2.22. The van der Waals surface area contributed by atoms with E-state index in [9.17, 15) is 4.79 Å². The van der Waals surface area contributed by atoms with Gasteiger partial charge in [0, 0.05) is 17.6 Å². The van der Waals surface area contributed by atoms with Crippen molar-refractivity contribution in [2.45, 2.75) is 66.7 Å². The Morgan fingerprint density at radius 1 is 1.22 bits per heavy atom. The average Bonchev–Trinajstić information content (AvgIpc) is 2.49. The summed E-state index contributed by atoms with van der Waals surface area (Å²) in [4.78, 5) is 16.6. The molecule has 0 unspecified atom stereocenters. The van der Waals surface area contributed by atoms with Crippen LogP contribution in [0.1, 0.15) is 52.7 Å². The molecular weight excluding hydrogens is 455 g/mol. The van der Waals surface area contributed by atoms with E-state index in [1.807, 2.05) is 60.6 Å². The second-order valence-corrected chi connectivity index (χ2v) is 7.62. The fraction of sp³-hybridized carbons (Fsp3) is 0.600. The van der Waals surface area contributed by atoms with Gasteiger partial charge in [0.15, 0.2) is 5.96 Å². The van der Waals surface area contributed by atoms with Crippen LogP contribution in [0.2, 0.25) is 0 Å². The third kappa shape index (κ3) is 11.0. The summed E-state index contributed by atoms with van der Waals surface area (Å²) in [7, 11) is 0. The maximum atomic E-state index is 12.0. The number of aliphatic imine (C=N–C) groups is 1. The van der Waals surface area contributed by atoms with Crippen LogP contribution < -0.4 is 20.7 Å². The summed E-state index contributed by atoms with van der Waals surface area (Å²) in [6.07, 6.45) is 0.104. The Hall–Kier alpha value is -1.51. The Kier molecular flexibility index (Phi) is 11.4. The number of nitrogens with zero attached hydrogens (tertiary/aromatic N) is 1. The summed E-state index contributed by atoms with van der Waals surface area (Å²) in [5.74, 6) is 1.39. The second kappa shape index (κ2) is 12.0. The van der Waals surface area contributed by atoms with Gasteiger partial charge in [-0.3, -0.25) is 4.79 Å². The monoisotopic (exact) mass is 490 g/mol. The molecule has 0 aliphatic rings. The van der Waals surface area contributed by atoms with Crippen LogP contribution >= 0.6 is 24.0 Å². The number of guanidine groups is 1. The fourth-order valence-corrected chi connectivity index (χ4v) is 2.29. The Balaban J connectivity index is 0.00000676. The highest BCUT2D eigenvalue weighted by atomic mass is 127. The van der Waals surface area contributed by atoms with Gasteiger partial charge in [-0.05, 0) is 60.1 Å². The maximum Gasteiger partial charge on any atom is 0.239 e. The lowest BCUT2D eigenvalue weighted by molar-refractivity contribution is -0.121. The molecule has 0 spiro atoms. The van der Waals surface area contributed by atoms with Crippen molar-refractivity contribution < 1.29 is 9.53 Å². The first-order valence-corrected chi connectivity index (χ1v) is 9.20. The zero-order chi connectivity index (χ0) is 19.7. The number of rotatable bonds is 7. The summed E-state index contributed by atoms with van der Waals surface area (Å²) in [5, 5.41) is 9.15. The molecule has 6 nitrogen and oxygen atoms in total. The van der Waals surface area contributed by atoms with E-state index in [2.05, 4.69) is 27.0 Å². The molecule has 0 saturated heterocycles. The first kappa shape index (κ1) is 25.5. The lowest BCUT2D eigenvalue weighted by Crippen LogP contribution is -2.48. The Bertz CT molecular complexity index is 625. The molecule has 0 heterocycles. The summed E-state index contributed by atoms with van der Waals surface area (Å²) >= 11 is 0. The third-order valence-electron chi connectivity index (χ3n) is 3.27. The van der Waals surface area contributed by atoms with Crippen LogP contribution in [-0.2, 0) is 11.3 Å². The van der Waals surface area contributed by atoms with E-state index in [0.29, 0.717) is 12.5 Å². The minimum atomic E-state index is -0.251. The Labute approximate surface area is 181 Å². The van der Waals surface area contributed by atoms with Crippen LogP contribution in [-0.4, -0.2) is 36.6 Å². The van der Waals surface area contributed by atoms with Crippen molar-refractivity contribution in [2.24, 2.45) is 4.99 Å². The number of nitrogens with one attached hydrogen (secondary N) is 3. The molecule has 1 aromatic rings. The van der Waals surface area contributed by atoms with Gasteiger partial charge in [0.05, 0.1) is 19.2 Å². The van der Waals surface area contributed by atoms with Crippen molar-refractivity contribution >= 4 is 35.8 Å². The van der Waals surface area contributed by atoms with E-state index in [0.717, 1.165) is 23.4 Å². The van der Waals surface area contributed by atoms with Gasteiger partial charge < -0.3 is 20.7 Å². The van der Waals surface area contributed by atoms with Gasteiger partial charge in [0.2, 0.25) is 5.91 Å². The Morgan fingerprint density at radius 2 is 1.89 bits per heavy atom. The lowest BCUT2D eigenvalue weighted by atomic mass is 10.1. The van der Waals surface area contributed by atoms with E-state index in [1.165, 1.54) is 0 Å². The molecule has 0 aromatic heterocycles. The number of carbonyl (C=O) groups excluding carboxylic acids is 1. The fourth-order valence-electron chi connectivity index (χ4n) is 2.29. The molecule has 1 amide bonds.